The first-order chi connectivity index (χ1) is 15.8. The predicted octanol–water partition coefficient (Wildman–Crippen LogP) is 5.05. The summed E-state index contributed by atoms with van der Waals surface area (Å²) >= 11 is 0. The average molecular weight is 459 g/mol. The van der Waals surface area contributed by atoms with Crippen LogP contribution in [-0.4, -0.2) is 24.7 Å². The fourth-order valence-electron chi connectivity index (χ4n) is 4.02. The highest BCUT2D eigenvalue weighted by molar-refractivity contribution is 7.87. The zero-order valence-electron chi connectivity index (χ0n) is 18.2. The van der Waals surface area contributed by atoms with E-state index in [4.69, 9.17) is 9.71 Å². The Kier molecular flexibility index (Phi) is 5.85. The third-order valence-electron chi connectivity index (χ3n) is 6.14. The minimum atomic E-state index is -4.21. The molecule has 1 unspecified atom stereocenters. The number of carbonyl (C=O) groups is 1. The number of Topliss-reactive ketones (excluding diaryl/α,β-unsaturated/α-hetero) is 1. The van der Waals surface area contributed by atoms with Gasteiger partial charge < -0.3 is 9.71 Å². The Hall–Kier alpha value is -3.80. The number of nitrogens with zero attached hydrogens (tertiary/aromatic N) is 2. The van der Waals surface area contributed by atoms with Gasteiger partial charge in [0.15, 0.2) is 0 Å². The van der Waals surface area contributed by atoms with Gasteiger partial charge in [0.25, 0.3) is 5.78 Å². The Morgan fingerprint density at radius 2 is 1.58 bits per heavy atom. The lowest BCUT2D eigenvalue weighted by Crippen LogP contribution is -2.22. The third-order valence-corrected chi connectivity index (χ3v) is 7.45. The Morgan fingerprint density at radius 1 is 0.909 bits per heavy atom. The van der Waals surface area contributed by atoms with Gasteiger partial charge in [0.1, 0.15) is 10.6 Å². The van der Waals surface area contributed by atoms with Crippen molar-refractivity contribution < 1.29 is 22.2 Å². The van der Waals surface area contributed by atoms with Crippen molar-refractivity contribution in [2.75, 3.05) is 0 Å². The van der Waals surface area contributed by atoms with Crippen LogP contribution in [0.5, 0.6) is 5.75 Å². The van der Waals surface area contributed by atoms with Crippen molar-refractivity contribution in [1.82, 2.24) is 0 Å². The quantitative estimate of drug-likeness (QED) is 0.293. The maximum Gasteiger partial charge on any atom is 0.362 e. The summed E-state index contributed by atoms with van der Waals surface area (Å²) in [5.41, 5.74) is 11.1. The lowest BCUT2D eigenvalue weighted by Gasteiger charge is -2.29. The Labute approximate surface area is 192 Å². The molecule has 0 fully saturated rings. The second kappa shape index (κ2) is 8.62. The molecule has 0 spiro atoms. The van der Waals surface area contributed by atoms with Crippen LogP contribution in [0, 0.1) is 0 Å². The highest BCUT2D eigenvalue weighted by Crippen LogP contribution is 2.36. The van der Waals surface area contributed by atoms with Crippen LogP contribution in [0.25, 0.3) is 11.6 Å². The van der Waals surface area contributed by atoms with Gasteiger partial charge in [-0.15, -0.1) is 0 Å². The van der Waals surface area contributed by atoms with E-state index in [2.05, 4.69) is 30.8 Å². The molecule has 166 valence electrons. The van der Waals surface area contributed by atoms with Gasteiger partial charge in [0.2, 0.25) is 0 Å². The molecule has 1 aliphatic rings. The fraction of sp³-hybridized carbons (Fsp3) is 0.154. The molecule has 0 aromatic heterocycles. The first-order valence-electron chi connectivity index (χ1n) is 10.5. The standard InChI is InChI=1S/C26H22N2O4S/c1-3-26(2,18-8-5-4-6-9-18)19-12-14-20(15-13-19)32-33(30,31)24-11-7-10-22-21(24)16-17-23(28-27)25(22)29/h4-17H,3H2,1-2H3. The summed E-state index contributed by atoms with van der Waals surface area (Å²) in [7, 11) is -4.21. The molecule has 0 bridgehead atoms. The number of fused-ring (bicyclic) bond motifs is 1. The van der Waals surface area contributed by atoms with Crippen LogP contribution in [0.3, 0.4) is 0 Å². The molecule has 1 aliphatic carbocycles. The van der Waals surface area contributed by atoms with Crippen LogP contribution in [0.2, 0.25) is 0 Å². The summed E-state index contributed by atoms with van der Waals surface area (Å²) in [6.45, 7) is 4.26. The van der Waals surface area contributed by atoms with E-state index in [-0.39, 0.29) is 32.9 Å². The molecule has 0 saturated heterocycles. The highest BCUT2D eigenvalue weighted by atomic mass is 32.2. The molecular weight excluding hydrogens is 436 g/mol. The lowest BCUT2D eigenvalue weighted by molar-refractivity contribution is -0.00436. The third kappa shape index (κ3) is 4.04. The van der Waals surface area contributed by atoms with Crippen molar-refractivity contribution in [3.8, 4) is 5.75 Å². The second-order valence-corrected chi connectivity index (χ2v) is 9.49. The van der Waals surface area contributed by atoms with E-state index in [1.54, 1.807) is 12.1 Å². The fourth-order valence-corrected chi connectivity index (χ4v) is 5.16. The molecule has 6 nitrogen and oxygen atoms in total. The Balaban J connectivity index is 1.65. The normalized spacial score (nSPS) is 14.8. The maximum atomic E-state index is 13.0. The van der Waals surface area contributed by atoms with E-state index >= 15 is 0 Å². The first kappa shape index (κ1) is 22.4. The minimum Gasteiger partial charge on any atom is -0.379 e. The summed E-state index contributed by atoms with van der Waals surface area (Å²) in [5.74, 6) is -0.386. The van der Waals surface area contributed by atoms with Crippen LogP contribution in [0.4, 0.5) is 0 Å². The molecule has 0 heterocycles. The summed E-state index contributed by atoms with van der Waals surface area (Å²) < 4.78 is 31.5. The zero-order valence-corrected chi connectivity index (χ0v) is 19.0. The van der Waals surface area contributed by atoms with E-state index < -0.39 is 15.9 Å². The summed E-state index contributed by atoms with van der Waals surface area (Å²) in [5, 5.41) is 0. The monoisotopic (exact) mass is 458 g/mol. The number of benzene rings is 3. The van der Waals surface area contributed by atoms with E-state index in [1.165, 1.54) is 35.9 Å². The van der Waals surface area contributed by atoms with Gasteiger partial charge in [-0.2, -0.15) is 13.2 Å². The SMILES string of the molecule is CCC(C)(c1ccccc1)c1ccc(OS(=O)(=O)c2cccc3c2C=CC(=[N+]=[N-])C3=O)cc1. The van der Waals surface area contributed by atoms with E-state index in [9.17, 15) is 13.2 Å². The van der Waals surface area contributed by atoms with Crippen LogP contribution in [0.1, 0.15) is 47.3 Å². The molecule has 3 aromatic rings. The Morgan fingerprint density at radius 3 is 2.21 bits per heavy atom. The number of ketones is 1. The minimum absolute atomic E-state index is 0.131. The van der Waals surface area contributed by atoms with Gasteiger partial charge in [-0.25, -0.2) is 0 Å². The maximum absolute atomic E-state index is 13.0. The second-order valence-electron chi connectivity index (χ2n) is 7.98. The number of allylic oxidation sites excluding steroid dienone is 1. The first-order valence-corrected chi connectivity index (χ1v) is 11.9. The molecule has 0 radical (unpaired) electrons. The number of carbonyl (C=O) groups excluding carboxylic acids is 1. The smallest absolute Gasteiger partial charge is 0.362 e. The largest absolute Gasteiger partial charge is 0.379 e. The lowest BCUT2D eigenvalue weighted by atomic mass is 9.74. The molecule has 0 amide bonds. The molecule has 0 saturated carbocycles. The molecule has 7 heteroatoms. The molecule has 33 heavy (non-hydrogen) atoms. The molecule has 3 aromatic carbocycles. The molecule has 0 N–H and O–H groups in total. The highest BCUT2D eigenvalue weighted by Gasteiger charge is 2.31. The van der Waals surface area contributed by atoms with Crippen LogP contribution in [0.15, 0.2) is 83.8 Å². The van der Waals surface area contributed by atoms with Gasteiger partial charge in [0.05, 0.1) is 0 Å². The van der Waals surface area contributed by atoms with Gasteiger partial charge in [-0.05, 0) is 41.8 Å². The van der Waals surface area contributed by atoms with Crippen LogP contribution < -0.4 is 4.18 Å². The van der Waals surface area contributed by atoms with Crippen LogP contribution in [-0.2, 0) is 15.5 Å². The van der Waals surface area contributed by atoms with Crippen molar-refractivity contribution in [3.63, 3.8) is 0 Å². The van der Waals surface area contributed by atoms with Crippen molar-refractivity contribution >= 4 is 27.7 Å². The zero-order chi connectivity index (χ0) is 23.6. The number of rotatable bonds is 6. The van der Waals surface area contributed by atoms with E-state index in [0.717, 1.165) is 12.0 Å². The summed E-state index contributed by atoms with van der Waals surface area (Å²) in [4.78, 5) is 15.2. The van der Waals surface area contributed by atoms with Gasteiger partial charge in [-0.3, -0.25) is 4.79 Å². The van der Waals surface area contributed by atoms with Gasteiger partial charge in [-0.1, -0.05) is 68.4 Å². The number of hydrogen-bond donors (Lipinski definition) is 0. The molecule has 1 atom stereocenters. The van der Waals surface area contributed by atoms with Crippen LogP contribution >= 0.6 is 0 Å². The summed E-state index contributed by atoms with van der Waals surface area (Å²) in [6.07, 6.45) is 3.57. The van der Waals surface area contributed by atoms with Crippen molar-refractivity contribution in [3.05, 3.63) is 107 Å². The topological polar surface area (TPSA) is 96.8 Å². The molecule has 0 aliphatic heterocycles. The van der Waals surface area contributed by atoms with Crippen molar-refractivity contribution in [1.29, 1.82) is 0 Å². The van der Waals surface area contributed by atoms with E-state index in [1.807, 2.05) is 30.3 Å². The van der Waals surface area contributed by atoms with Crippen molar-refractivity contribution in [2.45, 2.75) is 30.6 Å². The average Bonchev–Trinajstić information content (AvgIpc) is 2.84. The molecule has 4 rings (SSSR count). The van der Waals surface area contributed by atoms with E-state index in [0.29, 0.717) is 0 Å². The van der Waals surface area contributed by atoms with Gasteiger partial charge in [0, 0.05) is 22.6 Å². The Bertz CT molecular complexity index is 1400. The van der Waals surface area contributed by atoms with Gasteiger partial charge >= 0.3 is 15.8 Å². The summed E-state index contributed by atoms with van der Waals surface area (Å²) in [6, 6.07) is 21.5. The predicted molar refractivity (Wildman–Crippen MR) is 126 cm³/mol. The number of hydrogen-bond acceptors (Lipinski definition) is 4. The molecular formula is C26H22N2O4S. The van der Waals surface area contributed by atoms with Crippen molar-refractivity contribution in [2.24, 2.45) is 0 Å².